The Morgan fingerprint density at radius 3 is 1.82 bits per heavy atom. The van der Waals surface area contributed by atoms with Gasteiger partial charge in [-0.25, -0.2) is 4.79 Å². The maximum atomic E-state index is 14.2. The van der Waals surface area contributed by atoms with Gasteiger partial charge >= 0.3 is 6.09 Å². The summed E-state index contributed by atoms with van der Waals surface area (Å²) in [6.45, 7) is 11.6. The van der Waals surface area contributed by atoms with Gasteiger partial charge in [0.15, 0.2) is 0 Å². The predicted octanol–water partition coefficient (Wildman–Crippen LogP) is 5.73. The first-order valence-electron chi connectivity index (χ1n) is 17.3. The number of amides is 3. The van der Waals surface area contributed by atoms with Crippen LogP contribution in [0.3, 0.4) is 0 Å². The normalized spacial score (nSPS) is 15.1. The summed E-state index contributed by atoms with van der Waals surface area (Å²) in [4.78, 5) is 43.0. The van der Waals surface area contributed by atoms with Crippen LogP contribution >= 0.6 is 11.8 Å². The molecule has 264 valence electrons. The topological polar surface area (TPSA) is 109 Å². The molecule has 3 N–H and O–H groups in total. The maximum absolute atomic E-state index is 14.2. The molecule has 1 heterocycles. The van der Waals surface area contributed by atoms with Gasteiger partial charge in [-0.2, -0.15) is 0 Å². The summed E-state index contributed by atoms with van der Waals surface area (Å²) in [5.41, 5.74) is 2.35. The third-order valence-corrected chi connectivity index (χ3v) is 9.97. The minimum atomic E-state index is -0.999. The van der Waals surface area contributed by atoms with Gasteiger partial charge in [-0.15, -0.1) is 11.8 Å². The van der Waals surface area contributed by atoms with Crippen LogP contribution in [-0.4, -0.2) is 85.6 Å². The molecule has 3 aromatic carbocycles. The summed E-state index contributed by atoms with van der Waals surface area (Å²) in [6.07, 6.45) is 1.43. The lowest BCUT2D eigenvalue weighted by Crippen LogP contribution is -2.55. The summed E-state index contributed by atoms with van der Waals surface area (Å²) in [5.74, 6) is -0.472. The molecule has 0 radical (unpaired) electrons. The van der Waals surface area contributed by atoms with Crippen LogP contribution in [0.1, 0.15) is 63.6 Å². The number of rotatable bonds is 16. The number of benzene rings is 3. The van der Waals surface area contributed by atoms with Crippen molar-refractivity contribution in [1.82, 2.24) is 20.9 Å². The molecule has 1 fully saturated rings. The predicted molar refractivity (Wildman–Crippen MR) is 197 cm³/mol. The van der Waals surface area contributed by atoms with Crippen molar-refractivity contribution in [3.8, 4) is 0 Å². The Morgan fingerprint density at radius 1 is 0.796 bits per heavy atom. The average molecular weight is 689 g/mol. The Hall–Kier alpha value is -3.86. The van der Waals surface area contributed by atoms with Crippen LogP contribution in [0.25, 0.3) is 0 Å². The second kappa shape index (κ2) is 18.8. The van der Waals surface area contributed by atoms with Crippen molar-refractivity contribution in [3.63, 3.8) is 0 Å². The van der Waals surface area contributed by atoms with E-state index in [1.54, 1.807) is 32.5 Å². The lowest BCUT2D eigenvalue weighted by molar-refractivity contribution is -0.130. The van der Waals surface area contributed by atoms with Gasteiger partial charge in [-0.1, -0.05) is 111 Å². The molecule has 1 aliphatic heterocycles. The fourth-order valence-corrected chi connectivity index (χ4v) is 7.40. The fraction of sp³-hybridized carbons (Fsp3) is 0.462. The first kappa shape index (κ1) is 38.0. The molecular weight excluding hydrogens is 637 g/mol. The van der Waals surface area contributed by atoms with Crippen molar-refractivity contribution < 1.29 is 23.9 Å². The minimum Gasteiger partial charge on any atom is -0.444 e. The molecule has 0 aromatic heterocycles. The summed E-state index contributed by atoms with van der Waals surface area (Å²) in [5, 5.41) is 8.86. The van der Waals surface area contributed by atoms with E-state index in [4.69, 9.17) is 9.47 Å². The van der Waals surface area contributed by atoms with E-state index in [1.165, 1.54) is 0 Å². The lowest BCUT2D eigenvalue weighted by Gasteiger charge is -2.36. The third-order valence-electron chi connectivity index (χ3n) is 8.33. The Morgan fingerprint density at radius 2 is 1.33 bits per heavy atom. The maximum Gasteiger partial charge on any atom is 0.408 e. The molecule has 3 amide bonds. The monoisotopic (exact) mass is 688 g/mol. The van der Waals surface area contributed by atoms with Crippen LogP contribution in [-0.2, 0) is 23.8 Å². The van der Waals surface area contributed by atoms with Crippen LogP contribution in [0.2, 0.25) is 0 Å². The first-order valence-corrected chi connectivity index (χ1v) is 18.3. The van der Waals surface area contributed by atoms with Crippen LogP contribution < -0.4 is 16.0 Å². The summed E-state index contributed by atoms with van der Waals surface area (Å²) < 4.78 is 10.3. The van der Waals surface area contributed by atoms with E-state index in [0.29, 0.717) is 32.7 Å². The molecule has 4 rings (SSSR count). The molecule has 0 saturated carbocycles. The zero-order chi connectivity index (χ0) is 35.1. The molecule has 3 aromatic rings. The van der Waals surface area contributed by atoms with Gasteiger partial charge in [-0.05, 0) is 43.9 Å². The van der Waals surface area contributed by atoms with Crippen molar-refractivity contribution in [3.05, 3.63) is 108 Å². The van der Waals surface area contributed by atoms with Crippen molar-refractivity contribution in [2.24, 2.45) is 0 Å². The zero-order valence-electron chi connectivity index (χ0n) is 29.3. The van der Waals surface area contributed by atoms with E-state index in [9.17, 15) is 14.4 Å². The molecular formula is C39H52N4O5S. The van der Waals surface area contributed by atoms with E-state index in [0.717, 1.165) is 42.6 Å². The average Bonchev–Trinajstić information content (AvgIpc) is 3.10. The summed E-state index contributed by atoms with van der Waals surface area (Å²) in [7, 11) is 0. The number of thioether (sulfide) groups is 1. The Labute approximate surface area is 295 Å². The highest BCUT2D eigenvalue weighted by atomic mass is 32.2. The number of nitrogens with one attached hydrogen (secondary N) is 3. The van der Waals surface area contributed by atoms with Gasteiger partial charge < -0.3 is 25.4 Å². The highest BCUT2D eigenvalue weighted by Crippen LogP contribution is 2.48. The number of ether oxygens (including phenoxy) is 2. The van der Waals surface area contributed by atoms with Crippen molar-refractivity contribution in [1.29, 1.82) is 0 Å². The minimum absolute atomic E-state index is 0.197. The van der Waals surface area contributed by atoms with E-state index in [2.05, 4.69) is 64.2 Å². The smallest absolute Gasteiger partial charge is 0.408 e. The van der Waals surface area contributed by atoms with Crippen molar-refractivity contribution >= 4 is 29.7 Å². The molecule has 0 aliphatic carbocycles. The molecule has 2 atom stereocenters. The van der Waals surface area contributed by atoms with Gasteiger partial charge in [0.25, 0.3) is 0 Å². The quantitative estimate of drug-likeness (QED) is 0.165. The van der Waals surface area contributed by atoms with Crippen molar-refractivity contribution in [2.75, 3.05) is 45.1 Å². The molecule has 49 heavy (non-hydrogen) atoms. The van der Waals surface area contributed by atoms with E-state index >= 15 is 0 Å². The molecule has 9 nitrogen and oxygen atoms in total. The molecule has 1 aliphatic rings. The second-order valence-corrected chi connectivity index (χ2v) is 14.5. The van der Waals surface area contributed by atoms with Crippen LogP contribution in [0.4, 0.5) is 4.79 Å². The largest absolute Gasteiger partial charge is 0.444 e. The number of nitrogens with zero attached hydrogens (tertiary/aromatic N) is 1. The highest BCUT2D eigenvalue weighted by molar-refractivity contribution is 8.00. The number of alkyl carbamates (subject to hydrolysis) is 1. The molecule has 0 unspecified atom stereocenters. The van der Waals surface area contributed by atoms with E-state index in [-0.39, 0.29) is 11.7 Å². The lowest BCUT2D eigenvalue weighted by atomic mass is 9.84. The van der Waals surface area contributed by atoms with Crippen molar-refractivity contribution in [2.45, 2.75) is 69.4 Å². The first-order chi connectivity index (χ1) is 23.6. The number of carbonyl (C=O) groups is 3. The molecule has 0 bridgehead atoms. The SMILES string of the molecule is CCCC[C@H](NC(=O)[C@H](CSC(c1ccccc1)(c1ccccc1)c1ccccc1)NC(=O)OC(C)(C)C)C(=O)NCCN1CCOCC1. The molecule has 10 heteroatoms. The highest BCUT2D eigenvalue weighted by Gasteiger charge is 2.39. The zero-order valence-corrected chi connectivity index (χ0v) is 30.1. The Bertz CT molecular complexity index is 1350. The second-order valence-electron chi connectivity index (χ2n) is 13.2. The van der Waals surface area contributed by atoms with E-state index < -0.39 is 34.4 Å². The number of morpholine rings is 1. The van der Waals surface area contributed by atoms with Gasteiger partial charge in [-0.3, -0.25) is 14.5 Å². The standard InChI is InChI=1S/C39H52N4O5S/c1-5-6-22-33(35(44)40-23-24-43-25-27-47-28-26-43)41-36(45)34(42-37(46)48-38(2,3)4)29-49-39(30-16-10-7-11-17-30,31-18-12-8-13-19-31)32-20-14-9-15-21-32/h7-21,33-34H,5-6,22-29H2,1-4H3,(H,40,44)(H,41,45)(H,42,46)/t33-,34-/m0/s1. The number of hydrogen-bond donors (Lipinski definition) is 3. The Balaban J connectivity index is 1.62. The molecule has 0 spiro atoms. The van der Waals surface area contributed by atoms with Crippen LogP contribution in [0.15, 0.2) is 91.0 Å². The number of unbranched alkanes of at least 4 members (excludes halogenated alkanes) is 1. The fourth-order valence-electron chi connectivity index (χ4n) is 5.84. The van der Waals surface area contributed by atoms with Gasteiger partial charge in [0.1, 0.15) is 17.7 Å². The van der Waals surface area contributed by atoms with E-state index in [1.807, 2.05) is 54.6 Å². The van der Waals surface area contributed by atoms with Gasteiger partial charge in [0.2, 0.25) is 11.8 Å². The van der Waals surface area contributed by atoms with Crippen LogP contribution in [0, 0.1) is 0 Å². The van der Waals surface area contributed by atoms with Crippen LogP contribution in [0.5, 0.6) is 0 Å². The number of carbonyl (C=O) groups excluding carboxylic acids is 3. The Kier molecular flexibility index (Phi) is 14.5. The van der Waals surface area contributed by atoms with Gasteiger partial charge in [0, 0.05) is 31.9 Å². The molecule has 1 saturated heterocycles. The summed E-state index contributed by atoms with van der Waals surface area (Å²) in [6, 6.07) is 28.8. The number of hydrogen-bond acceptors (Lipinski definition) is 7. The third kappa shape index (κ3) is 11.3. The van der Waals surface area contributed by atoms with Gasteiger partial charge in [0.05, 0.1) is 18.0 Å². The summed E-state index contributed by atoms with van der Waals surface area (Å²) >= 11 is 1.56.